The van der Waals surface area contributed by atoms with Gasteiger partial charge < -0.3 is 10.1 Å². The summed E-state index contributed by atoms with van der Waals surface area (Å²) in [5, 5.41) is 10.3. The summed E-state index contributed by atoms with van der Waals surface area (Å²) in [5.41, 5.74) is 0.663. The number of benzene rings is 1. The van der Waals surface area contributed by atoms with Crippen LogP contribution in [-0.4, -0.2) is 33.4 Å². The molecule has 1 aliphatic carbocycles. The van der Waals surface area contributed by atoms with Gasteiger partial charge in [-0.15, -0.1) is 5.10 Å². The molecule has 6 nitrogen and oxygen atoms in total. The number of ether oxygens (including phenoxy) is 1. The van der Waals surface area contributed by atoms with Gasteiger partial charge in [0.05, 0.1) is 18.0 Å². The van der Waals surface area contributed by atoms with E-state index in [1.807, 2.05) is 31.2 Å². The zero-order valence-corrected chi connectivity index (χ0v) is 13.3. The fourth-order valence-electron chi connectivity index (χ4n) is 2.04. The summed E-state index contributed by atoms with van der Waals surface area (Å²) in [6.45, 7) is 1.84. The lowest BCUT2D eigenvalue weighted by Crippen LogP contribution is -2.22. The van der Waals surface area contributed by atoms with Crippen molar-refractivity contribution in [1.29, 1.82) is 0 Å². The molecule has 22 heavy (non-hydrogen) atoms. The minimum absolute atomic E-state index is 0.104. The molecule has 7 heteroatoms. The highest BCUT2D eigenvalue weighted by molar-refractivity contribution is 8.00. The van der Waals surface area contributed by atoms with Gasteiger partial charge >= 0.3 is 0 Å². The van der Waals surface area contributed by atoms with Crippen molar-refractivity contribution in [2.24, 2.45) is 0 Å². The van der Waals surface area contributed by atoms with E-state index >= 15 is 0 Å². The number of rotatable bonds is 6. The summed E-state index contributed by atoms with van der Waals surface area (Å²) in [5.74, 6) is 1.99. The highest BCUT2D eigenvalue weighted by Gasteiger charge is 2.28. The Balaban J connectivity index is 1.61. The van der Waals surface area contributed by atoms with Crippen molar-refractivity contribution in [1.82, 2.24) is 15.2 Å². The fraction of sp³-hybridized carbons (Fsp3) is 0.400. The molecule has 1 saturated carbocycles. The van der Waals surface area contributed by atoms with E-state index in [-0.39, 0.29) is 11.2 Å². The second-order valence-corrected chi connectivity index (χ2v) is 6.54. The van der Waals surface area contributed by atoms with Gasteiger partial charge in [-0.3, -0.25) is 9.89 Å². The van der Waals surface area contributed by atoms with E-state index in [1.54, 1.807) is 7.11 Å². The minimum atomic E-state index is -0.298. The highest BCUT2D eigenvalue weighted by Crippen LogP contribution is 2.38. The monoisotopic (exact) mass is 318 g/mol. The summed E-state index contributed by atoms with van der Waals surface area (Å²) in [7, 11) is 1.58. The molecule has 0 aliphatic heterocycles. The van der Waals surface area contributed by atoms with Crippen LogP contribution in [0.4, 0.5) is 5.69 Å². The van der Waals surface area contributed by atoms with Crippen LogP contribution in [0.5, 0.6) is 5.75 Å². The molecule has 1 fully saturated rings. The van der Waals surface area contributed by atoms with Crippen LogP contribution in [0.15, 0.2) is 29.4 Å². The normalized spacial score (nSPS) is 15.4. The number of amides is 1. The number of para-hydroxylation sites is 2. The number of carbonyl (C=O) groups excluding carboxylic acids is 1. The Morgan fingerprint density at radius 1 is 1.45 bits per heavy atom. The first kappa shape index (κ1) is 14.9. The summed E-state index contributed by atoms with van der Waals surface area (Å²) < 4.78 is 5.23. The molecule has 2 N–H and O–H groups in total. The van der Waals surface area contributed by atoms with Crippen molar-refractivity contribution in [2.75, 3.05) is 12.4 Å². The van der Waals surface area contributed by atoms with E-state index in [0.717, 1.165) is 5.82 Å². The number of hydrogen-bond donors (Lipinski definition) is 2. The number of aromatic nitrogens is 3. The first-order chi connectivity index (χ1) is 10.7. The molecule has 0 radical (unpaired) electrons. The Morgan fingerprint density at radius 2 is 2.23 bits per heavy atom. The zero-order valence-electron chi connectivity index (χ0n) is 12.5. The smallest absolute Gasteiger partial charge is 0.237 e. The lowest BCUT2D eigenvalue weighted by molar-refractivity contribution is -0.115. The standard InChI is InChI=1S/C15H18N4O2S/c1-9(22-15-17-13(18-19-15)10-7-8-10)14(20)16-11-5-3-4-6-12(11)21-2/h3-6,9-10H,7-8H2,1-2H3,(H,16,20)(H,17,18,19)/t9-/m0/s1. The van der Waals surface area contributed by atoms with Gasteiger partial charge in [0, 0.05) is 5.92 Å². The van der Waals surface area contributed by atoms with Crippen LogP contribution in [0.2, 0.25) is 0 Å². The lowest BCUT2D eigenvalue weighted by Gasteiger charge is -2.12. The first-order valence-corrected chi connectivity index (χ1v) is 8.08. The summed E-state index contributed by atoms with van der Waals surface area (Å²) in [6.07, 6.45) is 2.34. The number of methoxy groups -OCH3 is 1. The number of thioether (sulfide) groups is 1. The third-order valence-corrected chi connectivity index (χ3v) is 4.42. The van der Waals surface area contributed by atoms with Gasteiger partial charge in [0.1, 0.15) is 11.6 Å². The minimum Gasteiger partial charge on any atom is -0.495 e. The van der Waals surface area contributed by atoms with Crippen LogP contribution in [0.25, 0.3) is 0 Å². The Morgan fingerprint density at radius 3 is 2.95 bits per heavy atom. The Kier molecular flexibility index (Phi) is 4.33. The average molecular weight is 318 g/mol. The van der Waals surface area contributed by atoms with Crippen LogP contribution < -0.4 is 10.1 Å². The summed E-state index contributed by atoms with van der Waals surface area (Å²) >= 11 is 1.34. The predicted molar refractivity (Wildman–Crippen MR) is 85.3 cm³/mol. The van der Waals surface area contributed by atoms with Crippen LogP contribution in [0, 0.1) is 0 Å². The molecule has 0 bridgehead atoms. The maximum absolute atomic E-state index is 12.3. The van der Waals surface area contributed by atoms with Crippen molar-refractivity contribution >= 4 is 23.4 Å². The van der Waals surface area contributed by atoms with Crippen molar-refractivity contribution in [3.63, 3.8) is 0 Å². The van der Waals surface area contributed by atoms with E-state index < -0.39 is 0 Å². The zero-order chi connectivity index (χ0) is 15.5. The van der Waals surface area contributed by atoms with E-state index in [4.69, 9.17) is 4.74 Å². The number of aromatic amines is 1. The van der Waals surface area contributed by atoms with Crippen molar-refractivity contribution in [2.45, 2.75) is 36.1 Å². The average Bonchev–Trinajstić information content (AvgIpc) is 3.28. The van der Waals surface area contributed by atoms with Crippen LogP contribution >= 0.6 is 11.8 Å². The molecule has 1 amide bonds. The molecule has 0 saturated heterocycles. The third kappa shape index (κ3) is 3.41. The molecule has 116 valence electrons. The Bertz CT molecular complexity index is 669. The molecule has 1 aromatic heterocycles. The first-order valence-electron chi connectivity index (χ1n) is 7.20. The topological polar surface area (TPSA) is 79.9 Å². The van der Waals surface area contributed by atoms with Crippen molar-refractivity contribution in [3.8, 4) is 5.75 Å². The number of nitrogens with zero attached hydrogens (tertiary/aromatic N) is 2. The van der Waals surface area contributed by atoms with Crippen molar-refractivity contribution < 1.29 is 9.53 Å². The molecule has 2 aromatic rings. The van der Waals surface area contributed by atoms with Gasteiger partial charge in [-0.25, -0.2) is 4.98 Å². The van der Waals surface area contributed by atoms with Crippen LogP contribution in [0.1, 0.15) is 31.5 Å². The third-order valence-electron chi connectivity index (χ3n) is 3.46. The largest absolute Gasteiger partial charge is 0.495 e. The highest BCUT2D eigenvalue weighted by atomic mass is 32.2. The molecule has 0 unspecified atom stereocenters. The number of H-pyrrole nitrogens is 1. The molecular weight excluding hydrogens is 300 g/mol. The van der Waals surface area contributed by atoms with E-state index in [1.165, 1.54) is 24.6 Å². The van der Waals surface area contributed by atoms with E-state index in [2.05, 4.69) is 20.5 Å². The maximum atomic E-state index is 12.3. The number of hydrogen-bond acceptors (Lipinski definition) is 5. The van der Waals surface area contributed by atoms with Crippen LogP contribution in [-0.2, 0) is 4.79 Å². The lowest BCUT2D eigenvalue weighted by atomic mass is 10.3. The van der Waals surface area contributed by atoms with Crippen molar-refractivity contribution in [3.05, 3.63) is 30.1 Å². The molecular formula is C15H18N4O2S. The fourth-order valence-corrected chi connectivity index (χ4v) is 2.78. The van der Waals surface area contributed by atoms with Gasteiger partial charge in [-0.05, 0) is 31.9 Å². The molecule has 0 spiro atoms. The molecule has 3 rings (SSSR count). The number of anilines is 1. The second-order valence-electron chi connectivity index (χ2n) is 5.23. The predicted octanol–water partition coefficient (Wildman–Crippen LogP) is 2.81. The summed E-state index contributed by atoms with van der Waals surface area (Å²) in [6, 6.07) is 7.34. The molecule has 1 atom stereocenters. The Hall–Kier alpha value is -2.02. The van der Waals surface area contributed by atoms with E-state index in [0.29, 0.717) is 22.5 Å². The second kappa shape index (κ2) is 6.39. The molecule has 1 aromatic carbocycles. The Labute approximate surface area is 133 Å². The van der Waals surface area contributed by atoms with Gasteiger partial charge in [0.15, 0.2) is 0 Å². The SMILES string of the molecule is COc1ccccc1NC(=O)[C@H](C)Sc1n[nH]c(C2CC2)n1. The maximum Gasteiger partial charge on any atom is 0.237 e. The van der Waals surface area contributed by atoms with Gasteiger partial charge in [0.25, 0.3) is 0 Å². The molecule has 1 heterocycles. The van der Waals surface area contributed by atoms with Gasteiger partial charge in [-0.1, -0.05) is 23.9 Å². The summed E-state index contributed by atoms with van der Waals surface area (Å²) in [4.78, 5) is 16.7. The van der Waals surface area contributed by atoms with E-state index in [9.17, 15) is 4.79 Å². The van der Waals surface area contributed by atoms with Gasteiger partial charge in [-0.2, -0.15) is 0 Å². The van der Waals surface area contributed by atoms with Crippen LogP contribution in [0.3, 0.4) is 0 Å². The quantitative estimate of drug-likeness (QED) is 0.801. The molecule has 1 aliphatic rings. The van der Waals surface area contributed by atoms with Gasteiger partial charge in [0.2, 0.25) is 11.1 Å². The number of carbonyl (C=O) groups is 1. The number of nitrogens with one attached hydrogen (secondary N) is 2.